The van der Waals surface area contributed by atoms with E-state index in [4.69, 9.17) is 10.5 Å². The van der Waals surface area contributed by atoms with Gasteiger partial charge in [0.05, 0.1) is 11.5 Å². The Labute approximate surface area is 155 Å². The van der Waals surface area contributed by atoms with Gasteiger partial charge in [-0.3, -0.25) is 19.3 Å². The number of amides is 3. The van der Waals surface area contributed by atoms with Crippen LogP contribution in [-0.4, -0.2) is 35.1 Å². The predicted octanol–water partition coefficient (Wildman–Crippen LogP) is 3.15. The van der Waals surface area contributed by atoms with E-state index in [1.165, 1.54) is 0 Å². The normalized spacial score (nSPS) is 15.9. The highest BCUT2D eigenvalue weighted by Crippen LogP contribution is 2.36. The highest BCUT2D eigenvalue weighted by atomic mass is 32.2. The lowest BCUT2D eigenvalue weighted by Gasteiger charge is -2.12. The Hall–Kier alpha value is -2.80. The number of benzene rings is 2. The van der Waals surface area contributed by atoms with Crippen LogP contribution in [0.5, 0.6) is 5.75 Å². The summed E-state index contributed by atoms with van der Waals surface area (Å²) in [6.45, 7) is 2.13. The van der Waals surface area contributed by atoms with Gasteiger partial charge >= 0.3 is 0 Å². The van der Waals surface area contributed by atoms with Crippen molar-refractivity contribution in [1.29, 1.82) is 0 Å². The molecule has 0 aromatic heterocycles. The molecule has 0 aliphatic carbocycles. The van der Waals surface area contributed by atoms with Crippen molar-refractivity contribution in [3.8, 4) is 5.75 Å². The second-order valence-electron chi connectivity index (χ2n) is 5.78. The smallest absolute Gasteiger partial charge is 0.294 e. The molecule has 6 nitrogen and oxygen atoms in total. The van der Waals surface area contributed by atoms with E-state index in [1.54, 1.807) is 6.08 Å². The maximum atomic E-state index is 12.5. The van der Waals surface area contributed by atoms with Gasteiger partial charge in [-0.05, 0) is 41.1 Å². The Morgan fingerprint density at radius 3 is 2.73 bits per heavy atom. The molecule has 0 saturated carbocycles. The van der Waals surface area contributed by atoms with E-state index in [0.717, 1.165) is 39.4 Å². The summed E-state index contributed by atoms with van der Waals surface area (Å²) in [6, 6.07) is 11.6. The van der Waals surface area contributed by atoms with Gasteiger partial charge in [0, 0.05) is 5.56 Å². The van der Waals surface area contributed by atoms with Crippen LogP contribution in [-0.2, 0) is 9.59 Å². The van der Waals surface area contributed by atoms with E-state index >= 15 is 0 Å². The lowest BCUT2D eigenvalue weighted by atomic mass is 10.0. The number of carbonyl (C=O) groups excluding carboxylic acids is 3. The maximum absolute atomic E-state index is 12.5. The van der Waals surface area contributed by atoms with Gasteiger partial charge < -0.3 is 10.5 Å². The van der Waals surface area contributed by atoms with Crippen LogP contribution < -0.4 is 10.5 Å². The summed E-state index contributed by atoms with van der Waals surface area (Å²) in [5, 5.41) is 1.41. The van der Waals surface area contributed by atoms with Crippen LogP contribution in [0.1, 0.15) is 18.9 Å². The maximum Gasteiger partial charge on any atom is 0.294 e. The molecule has 2 aromatic carbocycles. The van der Waals surface area contributed by atoms with Crippen molar-refractivity contribution in [3.63, 3.8) is 0 Å². The molecule has 2 N–H and O–H groups in total. The lowest BCUT2D eigenvalue weighted by Crippen LogP contribution is -2.36. The van der Waals surface area contributed by atoms with Crippen LogP contribution in [0.2, 0.25) is 0 Å². The van der Waals surface area contributed by atoms with Crippen LogP contribution >= 0.6 is 11.8 Å². The number of carbonyl (C=O) groups is 3. The lowest BCUT2D eigenvalue weighted by molar-refractivity contribution is -0.127. The summed E-state index contributed by atoms with van der Waals surface area (Å²) in [6.07, 6.45) is 2.50. The number of rotatable bonds is 6. The molecule has 26 heavy (non-hydrogen) atoms. The minimum Gasteiger partial charge on any atom is -0.493 e. The van der Waals surface area contributed by atoms with Crippen molar-refractivity contribution in [1.82, 2.24) is 4.90 Å². The molecule has 7 heteroatoms. The number of hydrogen-bond acceptors (Lipinski definition) is 5. The number of nitrogens with two attached hydrogens (primary N) is 1. The van der Waals surface area contributed by atoms with Crippen molar-refractivity contribution in [2.24, 2.45) is 5.73 Å². The van der Waals surface area contributed by atoms with E-state index in [2.05, 4.69) is 0 Å². The van der Waals surface area contributed by atoms with E-state index in [-0.39, 0.29) is 4.91 Å². The first-order valence-electron chi connectivity index (χ1n) is 8.19. The first kappa shape index (κ1) is 18.0. The van der Waals surface area contributed by atoms with Gasteiger partial charge in [0.15, 0.2) is 0 Å². The predicted molar refractivity (Wildman–Crippen MR) is 102 cm³/mol. The van der Waals surface area contributed by atoms with E-state index < -0.39 is 23.6 Å². The fourth-order valence-electron chi connectivity index (χ4n) is 2.69. The molecule has 3 amide bonds. The number of imide groups is 1. The van der Waals surface area contributed by atoms with Gasteiger partial charge in [-0.1, -0.05) is 37.3 Å². The quantitative estimate of drug-likeness (QED) is 0.789. The molecular weight excluding hydrogens is 352 g/mol. The number of thioether (sulfide) groups is 1. The third-order valence-corrected chi connectivity index (χ3v) is 4.76. The van der Waals surface area contributed by atoms with Crippen LogP contribution in [0.25, 0.3) is 16.8 Å². The standard InChI is InChI=1S/C19H18N2O4S/c1-2-9-25-15-8-7-12-5-3-4-6-13(12)14(15)10-16-18(23)21(11-17(20)22)19(24)26-16/h3-8,10H,2,9,11H2,1H3,(H2,20,22)/b16-10-. The highest BCUT2D eigenvalue weighted by Gasteiger charge is 2.36. The van der Waals surface area contributed by atoms with Gasteiger partial charge in [0.25, 0.3) is 11.1 Å². The van der Waals surface area contributed by atoms with Crippen molar-refractivity contribution >= 4 is 45.7 Å². The number of ether oxygens (including phenoxy) is 1. The Bertz CT molecular complexity index is 923. The monoisotopic (exact) mass is 370 g/mol. The summed E-state index contributed by atoms with van der Waals surface area (Å²) in [7, 11) is 0. The Morgan fingerprint density at radius 2 is 2.00 bits per heavy atom. The largest absolute Gasteiger partial charge is 0.493 e. The van der Waals surface area contributed by atoms with Gasteiger partial charge in [-0.25, -0.2) is 0 Å². The molecule has 0 spiro atoms. The third kappa shape index (κ3) is 3.57. The molecule has 0 bridgehead atoms. The minimum absolute atomic E-state index is 0.244. The minimum atomic E-state index is -0.731. The van der Waals surface area contributed by atoms with Crippen LogP contribution in [0, 0.1) is 0 Å². The van der Waals surface area contributed by atoms with Crippen molar-refractivity contribution < 1.29 is 19.1 Å². The zero-order chi connectivity index (χ0) is 18.7. The van der Waals surface area contributed by atoms with Crippen molar-refractivity contribution in [2.75, 3.05) is 13.2 Å². The molecule has 1 aliphatic heterocycles. The molecule has 0 unspecified atom stereocenters. The van der Waals surface area contributed by atoms with Gasteiger partial charge in [-0.2, -0.15) is 0 Å². The number of fused-ring (bicyclic) bond motifs is 1. The molecule has 1 saturated heterocycles. The molecular formula is C19H18N2O4S. The van der Waals surface area contributed by atoms with Gasteiger partial charge in [-0.15, -0.1) is 0 Å². The summed E-state index contributed by atoms with van der Waals surface area (Å²) in [5.41, 5.74) is 5.85. The van der Waals surface area contributed by atoms with E-state index in [0.29, 0.717) is 12.4 Å². The molecule has 2 aromatic rings. The molecule has 134 valence electrons. The Balaban J connectivity index is 2.06. The number of nitrogens with zero attached hydrogens (tertiary/aromatic N) is 1. The van der Waals surface area contributed by atoms with Crippen molar-refractivity contribution in [3.05, 3.63) is 46.9 Å². The summed E-state index contributed by atoms with van der Waals surface area (Å²) < 4.78 is 5.82. The third-order valence-electron chi connectivity index (χ3n) is 3.86. The summed E-state index contributed by atoms with van der Waals surface area (Å²) >= 11 is 0.795. The second-order valence-corrected chi connectivity index (χ2v) is 6.77. The molecule has 0 atom stereocenters. The fraction of sp³-hybridized carbons (Fsp3) is 0.211. The second kappa shape index (κ2) is 7.61. The molecule has 1 aliphatic rings. The zero-order valence-corrected chi connectivity index (χ0v) is 15.0. The molecule has 1 fully saturated rings. The Morgan fingerprint density at radius 1 is 1.23 bits per heavy atom. The van der Waals surface area contributed by atoms with Crippen LogP contribution in [0.15, 0.2) is 41.3 Å². The molecule has 3 rings (SSSR count). The van der Waals surface area contributed by atoms with Crippen LogP contribution in [0.4, 0.5) is 4.79 Å². The van der Waals surface area contributed by atoms with E-state index in [1.807, 2.05) is 43.3 Å². The van der Waals surface area contributed by atoms with Crippen molar-refractivity contribution in [2.45, 2.75) is 13.3 Å². The Kier molecular flexibility index (Phi) is 5.27. The van der Waals surface area contributed by atoms with Crippen LogP contribution in [0.3, 0.4) is 0 Å². The zero-order valence-electron chi connectivity index (χ0n) is 14.2. The first-order chi connectivity index (χ1) is 12.5. The summed E-state index contributed by atoms with van der Waals surface area (Å²) in [4.78, 5) is 36.7. The molecule has 0 radical (unpaired) electrons. The SMILES string of the molecule is CCCOc1ccc2ccccc2c1/C=C1\SC(=O)N(CC(N)=O)C1=O. The van der Waals surface area contributed by atoms with E-state index in [9.17, 15) is 14.4 Å². The highest BCUT2D eigenvalue weighted by molar-refractivity contribution is 8.18. The average molecular weight is 370 g/mol. The first-order valence-corrected chi connectivity index (χ1v) is 9.01. The molecule has 1 heterocycles. The topological polar surface area (TPSA) is 89.7 Å². The summed E-state index contributed by atoms with van der Waals surface area (Å²) in [5.74, 6) is -0.605. The number of primary amides is 1. The van der Waals surface area contributed by atoms with Gasteiger partial charge in [0.2, 0.25) is 5.91 Å². The fourth-order valence-corrected chi connectivity index (χ4v) is 3.51. The average Bonchev–Trinajstić information content (AvgIpc) is 2.88. The van der Waals surface area contributed by atoms with Gasteiger partial charge in [0.1, 0.15) is 12.3 Å². The number of hydrogen-bond donors (Lipinski definition) is 1.